The monoisotopic (exact) mass is 504 g/mol. The summed E-state index contributed by atoms with van der Waals surface area (Å²) in [5, 5.41) is 0. The summed E-state index contributed by atoms with van der Waals surface area (Å²) in [5.74, 6) is 1.33. The standard InChI is InChI=1S/C35H49Cl/c1-10-13-31(30-20-18-28(19-21-30)23-35(7,8)9)22-32(24-36)34(26(4)5)33(25(2)3)17-12-16-29-15-11-14-27(29)6/h11-14,17-22,25-26H,10,15-16,23-24H2,1-9H3/b17-12-,31-13+,32-22+,34-33-. The molecule has 0 saturated heterocycles. The summed E-state index contributed by atoms with van der Waals surface area (Å²) in [6.45, 7) is 20.5. The number of benzene rings is 1. The molecule has 0 aliphatic heterocycles. The first-order valence-corrected chi connectivity index (χ1v) is 14.3. The predicted octanol–water partition coefficient (Wildman–Crippen LogP) is 11.1. The Morgan fingerprint density at radius 1 is 1.03 bits per heavy atom. The molecule has 0 saturated carbocycles. The van der Waals surface area contributed by atoms with E-state index in [0.29, 0.717) is 17.7 Å². The second-order valence-electron chi connectivity index (χ2n) is 12.0. The fourth-order valence-electron chi connectivity index (χ4n) is 5.00. The van der Waals surface area contributed by atoms with E-state index in [1.165, 1.54) is 44.6 Å². The van der Waals surface area contributed by atoms with Gasteiger partial charge in [0.2, 0.25) is 0 Å². The van der Waals surface area contributed by atoms with Gasteiger partial charge >= 0.3 is 0 Å². The minimum Gasteiger partial charge on any atom is -0.122 e. The maximum Gasteiger partial charge on any atom is 0.0477 e. The molecule has 0 spiro atoms. The Balaban J connectivity index is 2.48. The number of halogens is 1. The molecule has 36 heavy (non-hydrogen) atoms. The van der Waals surface area contributed by atoms with Gasteiger partial charge in [-0.2, -0.15) is 0 Å². The van der Waals surface area contributed by atoms with Gasteiger partial charge in [0, 0.05) is 5.88 Å². The zero-order chi connectivity index (χ0) is 26.9. The maximum atomic E-state index is 6.67. The van der Waals surface area contributed by atoms with Gasteiger partial charge in [0.15, 0.2) is 0 Å². The molecule has 0 atom stereocenters. The molecule has 0 radical (unpaired) electrons. The molecule has 1 aromatic rings. The summed E-state index contributed by atoms with van der Waals surface area (Å²) >= 11 is 6.67. The number of hydrogen-bond acceptors (Lipinski definition) is 0. The minimum absolute atomic E-state index is 0.288. The Bertz CT molecular complexity index is 1040. The lowest BCUT2D eigenvalue weighted by Crippen LogP contribution is -2.09. The van der Waals surface area contributed by atoms with Crippen molar-refractivity contribution in [2.45, 2.75) is 88.0 Å². The van der Waals surface area contributed by atoms with Crippen LogP contribution in [0.3, 0.4) is 0 Å². The molecule has 0 heterocycles. The molecule has 1 heteroatoms. The molecule has 0 aromatic heterocycles. The number of hydrogen-bond donors (Lipinski definition) is 0. The van der Waals surface area contributed by atoms with Crippen LogP contribution in [-0.2, 0) is 6.42 Å². The summed E-state index contributed by atoms with van der Waals surface area (Å²) < 4.78 is 0. The van der Waals surface area contributed by atoms with Gasteiger partial charge in [-0.3, -0.25) is 0 Å². The average molecular weight is 505 g/mol. The first kappa shape index (κ1) is 30.2. The quantitative estimate of drug-likeness (QED) is 0.207. The van der Waals surface area contributed by atoms with Gasteiger partial charge in [-0.15, -0.1) is 11.6 Å². The van der Waals surface area contributed by atoms with Crippen LogP contribution < -0.4 is 0 Å². The normalized spacial score (nSPS) is 16.2. The van der Waals surface area contributed by atoms with Crippen LogP contribution in [0.1, 0.15) is 92.7 Å². The van der Waals surface area contributed by atoms with E-state index in [9.17, 15) is 0 Å². The molecule has 0 fully saturated rings. The van der Waals surface area contributed by atoms with E-state index in [4.69, 9.17) is 11.6 Å². The Morgan fingerprint density at radius 2 is 1.69 bits per heavy atom. The van der Waals surface area contributed by atoms with E-state index in [2.05, 4.69) is 123 Å². The summed E-state index contributed by atoms with van der Waals surface area (Å²) in [6.07, 6.45) is 18.1. The van der Waals surface area contributed by atoms with Crippen LogP contribution in [0.15, 0.2) is 88.6 Å². The van der Waals surface area contributed by atoms with Crippen molar-refractivity contribution >= 4 is 17.2 Å². The third-order valence-corrected chi connectivity index (χ3v) is 7.02. The molecule has 0 N–H and O–H groups in total. The lowest BCUT2D eigenvalue weighted by atomic mass is 9.84. The topological polar surface area (TPSA) is 0 Å². The molecule has 0 amide bonds. The molecule has 0 bridgehead atoms. The third kappa shape index (κ3) is 9.11. The molecule has 1 aliphatic rings. The molecular weight excluding hydrogens is 456 g/mol. The van der Waals surface area contributed by atoms with E-state index in [1.807, 2.05) is 0 Å². The van der Waals surface area contributed by atoms with E-state index >= 15 is 0 Å². The summed E-state index contributed by atoms with van der Waals surface area (Å²) in [7, 11) is 0. The Labute approximate surface area is 227 Å². The largest absolute Gasteiger partial charge is 0.122 e. The highest BCUT2D eigenvalue weighted by Gasteiger charge is 2.17. The van der Waals surface area contributed by atoms with Crippen LogP contribution in [0.25, 0.3) is 5.57 Å². The van der Waals surface area contributed by atoms with Crippen molar-refractivity contribution in [1.82, 2.24) is 0 Å². The first-order valence-electron chi connectivity index (χ1n) is 13.8. The van der Waals surface area contributed by atoms with Crippen LogP contribution in [0.4, 0.5) is 0 Å². The summed E-state index contributed by atoms with van der Waals surface area (Å²) in [6, 6.07) is 9.12. The van der Waals surface area contributed by atoms with Crippen molar-refractivity contribution in [3.05, 3.63) is 99.7 Å². The smallest absolute Gasteiger partial charge is 0.0477 e. The van der Waals surface area contributed by atoms with Gasteiger partial charge in [0.05, 0.1) is 0 Å². The van der Waals surface area contributed by atoms with Crippen LogP contribution in [0, 0.1) is 17.3 Å². The fourth-order valence-corrected chi connectivity index (χ4v) is 5.22. The van der Waals surface area contributed by atoms with E-state index < -0.39 is 0 Å². The van der Waals surface area contributed by atoms with Crippen molar-refractivity contribution in [3.8, 4) is 0 Å². The van der Waals surface area contributed by atoms with Crippen molar-refractivity contribution in [1.29, 1.82) is 0 Å². The number of alkyl halides is 1. The Kier molecular flexibility index (Phi) is 11.8. The summed E-state index contributed by atoms with van der Waals surface area (Å²) in [5.41, 5.74) is 11.2. The van der Waals surface area contributed by atoms with Crippen LogP contribution in [0.5, 0.6) is 0 Å². The predicted molar refractivity (Wildman–Crippen MR) is 164 cm³/mol. The zero-order valence-electron chi connectivity index (χ0n) is 24.3. The highest BCUT2D eigenvalue weighted by molar-refractivity contribution is 6.20. The van der Waals surface area contributed by atoms with Crippen molar-refractivity contribution < 1.29 is 0 Å². The number of rotatable bonds is 11. The SMILES string of the molecule is CC\C=C(/C=C(CCl)/C(=C(/C=C\CC1=C(C)C=CC1)C(C)C)C(C)C)c1ccc(CC(C)(C)C)cc1. The molecule has 0 nitrogen and oxygen atoms in total. The third-order valence-electron chi connectivity index (χ3n) is 6.73. The fraction of sp³-hybridized carbons (Fsp3) is 0.486. The molecular formula is C35H49Cl. The van der Waals surface area contributed by atoms with Gasteiger partial charge in [0.25, 0.3) is 0 Å². The molecule has 0 unspecified atom stereocenters. The van der Waals surface area contributed by atoms with Crippen LogP contribution in [0.2, 0.25) is 0 Å². The van der Waals surface area contributed by atoms with Crippen LogP contribution in [-0.4, -0.2) is 5.88 Å². The minimum atomic E-state index is 0.288. The average Bonchev–Trinajstić information content (AvgIpc) is 3.20. The Hall–Kier alpha value is -2.05. The highest BCUT2D eigenvalue weighted by Crippen LogP contribution is 2.33. The van der Waals surface area contributed by atoms with E-state index in [-0.39, 0.29) is 5.41 Å². The number of allylic oxidation sites excluding steroid dienone is 12. The van der Waals surface area contributed by atoms with E-state index in [1.54, 1.807) is 0 Å². The first-order chi connectivity index (χ1) is 17.0. The lowest BCUT2D eigenvalue weighted by Gasteiger charge is -2.22. The molecule has 2 rings (SSSR count). The second kappa shape index (κ2) is 14.0. The van der Waals surface area contributed by atoms with Gasteiger partial charge in [0.1, 0.15) is 0 Å². The second-order valence-corrected chi connectivity index (χ2v) is 12.3. The maximum absolute atomic E-state index is 6.67. The van der Waals surface area contributed by atoms with Gasteiger partial charge in [-0.05, 0) is 89.4 Å². The molecule has 1 aliphatic carbocycles. The van der Waals surface area contributed by atoms with Crippen molar-refractivity contribution in [2.75, 3.05) is 5.88 Å². The highest BCUT2D eigenvalue weighted by atomic mass is 35.5. The van der Waals surface area contributed by atoms with Gasteiger partial charge in [-0.1, -0.05) is 121 Å². The van der Waals surface area contributed by atoms with Gasteiger partial charge in [-0.25, -0.2) is 0 Å². The molecule has 1 aromatic carbocycles. The van der Waals surface area contributed by atoms with Crippen LogP contribution >= 0.6 is 11.6 Å². The Morgan fingerprint density at radius 3 is 2.17 bits per heavy atom. The van der Waals surface area contributed by atoms with Crippen molar-refractivity contribution in [2.24, 2.45) is 17.3 Å². The zero-order valence-corrected chi connectivity index (χ0v) is 25.1. The van der Waals surface area contributed by atoms with Gasteiger partial charge < -0.3 is 0 Å². The van der Waals surface area contributed by atoms with E-state index in [0.717, 1.165) is 25.7 Å². The molecule has 196 valence electrons. The summed E-state index contributed by atoms with van der Waals surface area (Å²) in [4.78, 5) is 0. The van der Waals surface area contributed by atoms with Crippen molar-refractivity contribution in [3.63, 3.8) is 0 Å². The lowest BCUT2D eigenvalue weighted by molar-refractivity contribution is 0.411.